The number of para-hydroxylation sites is 1. The minimum Gasteiger partial charge on any atom is -0.478 e. The van der Waals surface area contributed by atoms with Gasteiger partial charge in [0.05, 0.1) is 11.8 Å². The molecule has 0 amide bonds. The maximum Gasteiger partial charge on any atom is 0.335 e. The molecule has 26 heavy (non-hydrogen) atoms. The molecule has 0 spiro atoms. The Labute approximate surface area is 155 Å². The molecule has 1 heterocycles. The Kier molecular flexibility index (Phi) is 5.40. The summed E-state index contributed by atoms with van der Waals surface area (Å²) in [6, 6.07) is 19.5. The number of benzene rings is 2. The molecule has 3 rings (SSSR count). The Morgan fingerprint density at radius 2 is 1.77 bits per heavy atom. The van der Waals surface area contributed by atoms with Crippen LogP contribution in [-0.4, -0.2) is 22.4 Å². The van der Waals surface area contributed by atoms with Gasteiger partial charge in [0.2, 0.25) is 0 Å². The average Bonchev–Trinajstić information content (AvgIpc) is 3.11. The fourth-order valence-corrected chi connectivity index (χ4v) is 2.36. The molecule has 0 aliphatic rings. The summed E-state index contributed by atoms with van der Waals surface area (Å²) in [4.78, 5) is 10.9. The Balaban J connectivity index is 1.58. The van der Waals surface area contributed by atoms with E-state index in [1.807, 2.05) is 30.3 Å². The molecule has 0 aliphatic carbocycles. The van der Waals surface area contributed by atoms with E-state index in [4.69, 9.17) is 21.7 Å². The van der Waals surface area contributed by atoms with E-state index in [1.54, 1.807) is 24.3 Å². The predicted octanol–water partition coefficient (Wildman–Crippen LogP) is 3.97. The first-order valence-corrected chi connectivity index (χ1v) is 8.11. The largest absolute Gasteiger partial charge is 0.478 e. The van der Waals surface area contributed by atoms with E-state index in [9.17, 15) is 4.79 Å². The van der Waals surface area contributed by atoms with Gasteiger partial charge in [-0.1, -0.05) is 30.3 Å². The Morgan fingerprint density at radius 3 is 2.46 bits per heavy atom. The van der Waals surface area contributed by atoms with Crippen molar-refractivity contribution in [3.8, 4) is 11.3 Å². The summed E-state index contributed by atoms with van der Waals surface area (Å²) in [5.74, 6) is 0.195. The summed E-state index contributed by atoms with van der Waals surface area (Å²) in [6.07, 6.45) is 1.51. The highest BCUT2D eigenvalue weighted by atomic mass is 32.1. The number of hydrazone groups is 1. The highest BCUT2D eigenvalue weighted by Gasteiger charge is 2.06. The lowest BCUT2D eigenvalue weighted by atomic mass is 10.1. The minimum atomic E-state index is -0.963. The van der Waals surface area contributed by atoms with Crippen molar-refractivity contribution in [2.45, 2.75) is 0 Å². The van der Waals surface area contributed by atoms with E-state index in [0.717, 1.165) is 11.3 Å². The number of furan rings is 1. The summed E-state index contributed by atoms with van der Waals surface area (Å²) in [5.41, 5.74) is 4.59. The maximum absolute atomic E-state index is 10.9. The fraction of sp³-hybridized carbons (Fsp3) is 0. The van der Waals surface area contributed by atoms with Gasteiger partial charge in [0.1, 0.15) is 11.5 Å². The van der Waals surface area contributed by atoms with Gasteiger partial charge in [0.15, 0.2) is 5.11 Å². The number of carboxylic acid groups (broad SMARTS) is 1. The van der Waals surface area contributed by atoms with Crippen molar-refractivity contribution in [1.29, 1.82) is 0 Å². The van der Waals surface area contributed by atoms with Gasteiger partial charge < -0.3 is 14.8 Å². The van der Waals surface area contributed by atoms with Crippen molar-refractivity contribution in [3.05, 3.63) is 78.1 Å². The topological polar surface area (TPSA) is 86.9 Å². The van der Waals surface area contributed by atoms with Crippen LogP contribution in [0.5, 0.6) is 0 Å². The van der Waals surface area contributed by atoms with Crippen LogP contribution in [0.3, 0.4) is 0 Å². The molecule has 2 aromatic carbocycles. The summed E-state index contributed by atoms with van der Waals surface area (Å²) in [5, 5.41) is 16.3. The molecule has 130 valence electrons. The third-order valence-electron chi connectivity index (χ3n) is 3.43. The van der Waals surface area contributed by atoms with Gasteiger partial charge >= 0.3 is 5.97 Å². The molecular weight excluding hydrogens is 350 g/mol. The smallest absolute Gasteiger partial charge is 0.335 e. The van der Waals surface area contributed by atoms with Crippen LogP contribution in [0, 0.1) is 0 Å². The lowest BCUT2D eigenvalue weighted by Crippen LogP contribution is -2.23. The summed E-state index contributed by atoms with van der Waals surface area (Å²) >= 11 is 5.15. The van der Waals surface area contributed by atoms with Crippen LogP contribution in [0.1, 0.15) is 16.1 Å². The van der Waals surface area contributed by atoms with Crippen molar-refractivity contribution in [2.24, 2.45) is 5.10 Å². The number of carbonyl (C=O) groups is 1. The number of hydrogen-bond acceptors (Lipinski definition) is 4. The number of carboxylic acids is 1. The van der Waals surface area contributed by atoms with Crippen LogP contribution in [0.2, 0.25) is 0 Å². The van der Waals surface area contributed by atoms with Gasteiger partial charge in [-0.15, -0.1) is 0 Å². The number of nitrogens with one attached hydrogen (secondary N) is 2. The van der Waals surface area contributed by atoms with Crippen LogP contribution in [0.4, 0.5) is 5.69 Å². The monoisotopic (exact) mass is 365 g/mol. The molecular formula is C19H15N3O3S. The summed E-state index contributed by atoms with van der Waals surface area (Å²) < 4.78 is 5.67. The molecule has 0 bridgehead atoms. The van der Waals surface area contributed by atoms with Gasteiger partial charge in [-0.3, -0.25) is 5.43 Å². The first kappa shape index (κ1) is 17.4. The number of rotatable bonds is 5. The molecule has 0 fully saturated rings. The minimum absolute atomic E-state index is 0.228. The van der Waals surface area contributed by atoms with Gasteiger partial charge in [0.25, 0.3) is 0 Å². The highest BCUT2D eigenvalue weighted by molar-refractivity contribution is 7.80. The molecule has 0 aliphatic heterocycles. The molecule has 3 N–H and O–H groups in total. The standard InChI is InChI=1S/C19H15N3O3S/c23-18(24)14-8-6-13(7-9-14)17-11-10-16(25-17)12-20-22-19(26)21-15-4-2-1-3-5-15/h1-12H,(H,23,24)(H2,21,22,26)/b20-12-. The van der Waals surface area contributed by atoms with E-state index in [-0.39, 0.29) is 5.56 Å². The molecule has 1 aromatic heterocycles. The van der Waals surface area contributed by atoms with Gasteiger partial charge in [-0.05, 0) is 48.6 Å². The van der Waals surface area contributed by atoms with Gasteiger partial charge in [-0.25, -0.2) is 4.79 Å². The van der Waals surface area contributed by atoms with Crippen LogP contribution < -0.4 is 10.7 Å². The third-order valence-corrected chi connectivity index (χ3v) is 3.63. The molecule has 0 unspecified atom stereocenters. The van der Waals surface area contributed by atoms with Gasteiger partial charge in [-0.2, -0.15) is 5.10 Å². The first-order chi connectivity index (χ1) is 12.6. The Bertz CT molecular complexity index is 934. The van der Waals surface area contributed by atoms with Crippen LogP contribution in [0.15, 0.2) is 76.2 Å². The highest BCUT2D eigenvalue weighted by Crippen LogP contribution is 2.22. The third kappa shape index (κ3) is 4.55. The number of aromatic carboxylic acids is 1. The molecule has 0 atom stereocenters. The fourth-order valence-electron chi connectivity index (χ4n) is 2.19. The van der Waals surface area contributed by atoms with Crippen molar-refractivity contribution in [3.63, 3.8) is 0 Å². The van der Waals surface area contributed by atoms with Crippen LogP contribution >= 0.6 is 12.2 Å². The van der Waals surface area contributed by atoms with E-state index < -0.39 is 5.97 Å². The number of nitrogens with zero attached hydrogens (tertiary/aromatic N) is 1. The molecule has 3 aromatic rings. The molecule has 0 saturated carbocycles. The predicted molar refractivity (Wildman–Crippen MR) is 104 cm³/mol. The van der Waals surface area contributed by atoms with Crippen molar-refractivity contribution >= 4 is 35.2 Å². The Morgan fingerprint density at radius 1 is 1.04 bits per heavy atom. The van der Waals surface area contributed by atoms with Crippen molar-refractivity contribution in [1.82, 2.24) is 5.43 Å². The van der Waals surface area contributed by atoms with Crippen LogP contribution in [-0.2, 0) is 0 Å². The number of anilines is 1. The SMILES string of the molecule is O=C(O)c1ccc(-c2ccc(/C=N\NC(=S)Nc3ccccc3)o2)cc1. The quantitative estimate of drug-likeness (QED) is 0.360. The molecule has 7 heteroatoms. The number of thiocarbonyl (C=S) groups is 1. The average molecular weight is 365 g/mol. The lowest BCUT2D eigenvalue weighted by Gasteiger charge is -2.05. The second kappa shape index (κ2) is 8.09. The summed E-state index contributed by atoms with van der Waals surface area (Å²) in [7, 11) is 0. The first-order valence-electron chi connectivity index (χ1n) is 7.70. The lowest BCUT2D eigenvalue weighted by molar-refractivity contribution is 0.0697. The Hall–Kier alpha value is -3.45. The van der Waals surface area contributed by atoms with E-state index >= 15 is 0 Å². The second-order valence-electron chi connectivity index (χ2n) is 5.27. The maximum atomic E-state index is 10.9. The van der Waals surface area contributed by atoms with E-state index in [2.05, 4.69) is 15.8 Å². The van der Waals surface area contributed by atoms with Crippen LogP contribution in [0.25, 0.3) is 11.3 Å². The molecule has 0 radical (unpaired) electrons. The molecule has 6 nitrogen and oxygen atoms in total. The molecule has 0 saturated heterocycles. The van der Waals surface area contributed by atoms with Crippen molar-refractivity contribution < 1.29 is 14.3 Å². The normalized spacial score (nSPS) is 10.6. The zero-order valence-electron chi connectivity index (χ0n) is 13.5. The zero-order chi connectivity index (χ0) is 18.4. The zero-order valence-corrected chi connectivity index (χ0v) is 14.4. The number of hydrogen-bond donors (Lipinski definition) is 3. The summed E-state index contributed by atoms with van der Waals surface area (Å²) in [6.45, 7) is 0. The van der Waals surface area contributed by atoms with Crippen molar-refractivity contribution in [2.75, 3.05) is 5.32 Å². The second-order valence-corrected chi connectivity index (χ2v) is 5.68. The van der Waals surface area contributed by atoms with E-state index in [0.29, 0.717) is 16.6 Å². The van der Waals surface area contributed by atoms with E-state index in [1.165, 1.54) is 18.3 Å². The van der Waals surface area contributed by atoms with Gasteiger partial charge in [0, 0.05) is 11.3 Å².